The fourth-order valence-electron chi connectivity index (χ4n) is 1.91. The summed E-state index contributed by atoms with van der Waals surface area (Å²) in [5.41, 5.74) is 6.58. The van der Waals surface area contributed by atoms with Crippen molar-refractivity contribution >= 4 is 39.3 Å². The highest BCUT2D eigenvalue weighted by atomic mass is 79.9. The summed E-state index contributed by atoms with van der Waals surface area (Å²) in [5, 5.41) is 13.7. The highest BCUT2D eigenvalue weighted by Gasteiger charge is 2.22. The lowest BCUT2D eigenvalue weighted by molar-refractivity contribution is -0.118. The van der Waals surface area contributed by atoms with Gasteiger partial charge in [0.2, 0.25) is 5.91 Å². The maximum Gasteiger partial charge on any atom is 0.405 e. The number of rotatable bonds is 6. The van der Waals surface area contributed by atoms with E-state index >= 15 is 0 Å². The van der Waals surface area contributed by atoms with Gasteiger partial charge < -0.3 is 26.2 Å². The van der Waals surface area contributed by atoms with E-state index in [-0.39, 0.29) is 5.92 Å². The van der Waals surface area contributed by atoms with Gasteiger partial charge in [0.05, 0.1) is 23.0 Å². The van der Waals surface area contributed by atoms with Crippen LogP contribution in [0.4, 0.5) is 16.2 Å². The number of hydrogen-bond acceptors (Lipinski definition) is 4. The van der Waals surface area contributed by atoms with Crippen molar-refractivity contribution in [3.05, 3.63) is 16.6 Å². The number of nitrogens with two attached hydrogens (primary N) is 1. The topological polar surface area (TPSA) is 114 Å². The van der Waals surface area contributed by atoms with Crippen LogP contribution in [-0.4, -0.2) is 30.3 Å². The quantitative estimate of drug-likeness (QED) is 0.572. The molecule has 1 aromatic rings. The van der Waals surface area contributed by atoms with Crippen molar-refractivity contribution in [3.8, 4) is 5.75 Å². The van der Waals surface area contributed by atoms with E-state index < -0.39 is 18.0 Å². The average molecular weight is 374 g/mol. The Hall–Kier alpha value is -1.96. The zero-order valence-electron chi connectivity index (χ0n) is 12.6. The van der Waals surface area contributed by atoms with Crippen molar-refractivity contribution in [2.75, 3.05) is 18.2 Å². The summed E-state index contributed by atoms with van der Waals surface area (Å²) in [6, 6.07) is 2.33. The monoisotopic (exact) mass is 373 g/mol. The summed E-state index contributed by atoms with van der Waals surface area (Å²) in [7, 11) is 1.51. The predicted octanol–water partition coefficient (Wildman–Crippen LogP) is 2.66. The van der Waals surface area contributed by atoms with Crippen LogP contribution in [0.15, 0.2) is 16.6 Å². The molecule has 0 aliphatic rings. The molecule has 122 valence electrons. The number of methoxy groups -OCH3 is 1. The minimum atomic E-state index is -1.25. The van der Waals surface area contributed by atoms with Gasteiger partial charge in [-0.2, -0.15) is 0 Å². The summed E-state index contributed by atoms with van der Waals surface area (Å²) in [6.45, 7) is 3.81. The molecule has 22 heavy (non-hydrogen) atoms. The minimum absolute atomic E-state index is 0.155. The van der Waals surface area contributed by atoms with Crippen LogP contribution in [0, 0.1) is 5.92 Å². The molecule has 0 saturated heterocycles. The SMILES string of the molecule is COc1cc(N)c(NC(=O)C(CC(C)C)NC(=O)O)cc1Br. The Kier molecular flexibility index (Phi) is 6.48. The van der Waals surface area contributed by atoms with Gasteiger partial charge in [-0.3, -0.25) is 4.79 Å². The van der Waals surface area contributed by atoms with Gasteiger partial charge in [0.1, 0.15) is 11.8 Å². The van der Waals surface area contributed by atoms with Crippen LogP contribution in [0.5, 0.6) is 5.75 Å². The second-order valence-corrected chi connectivity index (χ2v) is 6.05. The van der Waals surface area contributed by atoms with E-state index in [1.807, 2.05) is 13.8 Å². The summed E-state index contributed by atoms with van der Waals surface area (Å²) in [5.74, 6) is 0.236. The number of benzene rings is 1. The first-order valence-corrected chi connectivity index (χ1v) is 7.47. The van der Waals surface area contributed by atoms with E-state index in [9.17, 15) is 9.59 Å². The van der Waals surface area contributed by atoms with E-state index in [1.54, 1.807) is 12.1 Å². The van der Waals surface area contributed by atoms with Gasteiger partial charge in [0, 0.05) is 6.07 Å². The fraction of sp³-hybridized carbons (Fsp3) is 0.429. The van der Waals surface area contributed by atoms with Gasteiger partial charge in [-0.05, 0) is 34.3 Å². The Labute approximate surface area is 137 Å². The molecule has 1 unspecified atom stereocenters. The van der Waals surface area contributed by atoms with Crippen LogP contribution in [-0.2, 0) is 4.79 Å². The summed E-state index contributed by atoms with van der Waals surface area (Å²) < 4.78 is 5.74. The van der Waals surface area contributed by atoms with Crippen molar-refractivity contribution in [2.45, 2.75) is 26.3 Å². The third-order valence-corrected chi connectivity index (χ3v) is 3.52. The molecule has 1 aromatic carbocycles. The Balaban J connectivity index is 2.93. The van der Waals surface area contributed by atoms with Crippen molar-refractivity contribution < 1.29 is 19.4 Å². The molecule has 1 atom stereocenters. The molecule has 0 bridgehead atoms. The van der Waals surface area contributed by atoms with Crippen molar-refractivity contribution in [1.29, 1.82) is 0 Å². The Morgan fingerprint density at radius 1 is 1.41 bits per heavy atom. The molecule has 0 aliphatic heterocycles. The van der Waals surface area contributed by atoms with E-state index in [0.717, 1.165) is 0 Å². The van der Waals surface area contributed by atoms with Gasteiger partial charge in [-0.15, -0.1) is 0 Å². The Morgan fingerprint density at radius 3 is 2.55 bits per heavy atom. The molecule has 0 saturated carbocycles. The molecule has 0 heterocycles. The molecular formula is C14H20BrN3O4. The fourth-order valence-corrected chi connectivity index (χ4v) is 2.41. The molecule has 2 amide bonds. The maximum absolute atomic E-state index is 12.3. The van der Waals surface area contributed by atoms with Gasteiger partial charge >= 0.3 is 6.09 Å². The van der Waals surface area contributed by atoms with E-state index in [0.29, 0.717) is 28.0 Å². The van der Waals surface area contributed by atoms with Gasteiger partial charge in [-0.1, -0.05) is 13.8 Å². The molecule has 0 fully saturated rings. The third kappa shape index (κ3) is 5.10. The second-order valence-electron chi connectivity index (χ2n) is 5.19. The van der Waals surface area contributed by atoms with Crippen LogP contribution in [0.25, 0.3) is 0 Å². The zero-order valence-corrected chi connectivity index (χ0v) is 14.2. The smallest absolute Gasteiger partial charge is 0.405 e. The second kappa shape index (κ2) is 7.88. The Bertz CT molecular complexity index is 563. The number of carbonyl (C=O) groups excluding carboxylic acids is 1. The van der Waals surface area contributed by atoms with Crippen molar-refractivity contribution in [2.24, 2.45) is 5.92 Å². The summed E-state index contributed by atoms with van der Waals surface area (Å²) in [4.78, 5) is 23.1. The van der Waals surface area contributed by atoms with Crippen LogP contribution < -0.4 is 21.1 Å². The molecular weight excluding hydrogens is 354 g/mol. The van der Waals surface area contributed by atoms with Gasteiger partial charge in [0.15, 0.2) is 0 Å². The molecule has 1 rings (SSSR count). The summed E-state index contributed by atoms with van der Waals surface area (Å²) >= 11 is 3.31. The molecule has 0 aliphatic carbocycles. The molecule has 0 radical (unpaired) electrons. The van der Waals surface area contributed by atoms with E-state index in [2.05, 4.69) is 26.6 Å². The number of carbonyl (C=O) groups is 2. The normalized spacial score (nSPS) is 11.9. The first-order chi connectivity index (χ1) is 10.2. The first kappa shape index (κ1) is 18.1. The largest absolute Gasteiger partial charge is 0.495 e. The average Bonchev–Trinajstić information content (AvgIpc) is 2.40. The maximum atomic E-state index is 12.3. The molecule has 8 heteroatoms. The lowest BCUT2D eigenvalue weighted by Gasteiger charge is -2.19. The van der Waals surface area contributed by atoms with Gasteiger partial charge in [0.25, 0.3) is 0 Å². The zero-order chi connectivity index (χ0) is 16.9. The van der Waals surface area contributed by atoms with Crippen LogP contribution >= 0.6 is 15.9 Å². The Morgan fingerprint density at radius 2 is 2.05 bits per heavy atom. The molecule has 5 N–H and O–H groups in total. The predicted molar refractivity (Wildman–Crippen MR) is 88.1 cm³/mol. The van der Waals surface area contributed by atoms with Crippen LogP contribution in [0.3, 0.4) is 0 Å². The molecule has 0 aromatic heterocycles. The highest BCUT2D eigenvalue weighted by molar-refractivity contribution is 9.10. The number of hydrogen-bond donors (Lipinski definition) is 4. The lowest BCUT2D eigenvalue weighted by atomic mass is 10.0. The number of carboxylic acid groups (broad SMARTS) is 1. The lowest BCUT2D eigenvalue weighted by Crippen LogP contribution is -2.44. The van der Waals surface area contributed by atoms with Crippen LogP contribution in [0.2, 0.25) is 0 Å². The molecule has 0 spiro atoms. The number of amides is 2. The van der Waals surface area contributed by atoms with E-state index in [1.165, 1.54) is 7.11 Å². The minimum Gasteiger partial charge on any atom is -0.495 e. The third-order valence-electron chi connectivity index (χ3n) is 2.90. The van der Waals surface area contributed by atoms with E-state index in [4.69, 9.17) is 15.6 Å². The van der Waals surface area contributed by atoms with Crippen LogP contribution in [0.1, 0.15) is 20.3 Å². The number of nitrogen functional groups attached to an aromatic ring is 1. The highest BCUT2D eigenvalue weighted by Crippen LogP contribution is 2.33. The number of anilines is 2. The number of nitrogens with one attached hydrogen (secondary N) is 2. The van der Waals surface area contributed by atoms with Crippen molar-refractivity contribution in [3.63, 3.8) is 0 Å². The number of halogens is 1. The van der Waals surface area contributed by atoms with Crippen molar-refractivity contribution in [1.82, 2.24) is 5.32 Å². The standard InChI is InChI=1S/C14H20BrN3O4/c1-7(2)4-11(18-14(20)21)13(19)17-10-5-8(15)12(22-3)6-9(10)16/h5-7,11,18H,4,16H2,1-3H3,(H,17,19)(H,20,21). The first-order valence-electron chi connectivity index (χ1n) is 6.68. The van der Waals surface area contributed by atoms with Gasteiger partial charge in [-0.25, -0.2) is 4.79 Å². The summed E-state index contributed by atoms with van der Waals surface area (Å²) in [6.07, 6.45) is -0.861. The molecule has 7 nitrogen and oxygen atoms in total. The number of ether oxygens (including phenoxy) is 1.